The predicted octanol–water partition coefficient (Wildman–Crippen LogP) is 6.01. The predicted molar refractivity (Wildman–Crippen MR) is 123 cm³/mol. The Balaban J connectivity index is 1.60. The van der Waals surface area contributed by atoms with Crippen molar-refractivity contribution in [2.24, 2.45) is 0 Å². The van der Waals surface area contributed by atoms with E-state index >= 15 is 0 Å². The van der Waals surface area contributed by atoms with Crippen LogP contribution in [-0.4, -0.2) is 21.3 Å². The molecule has 3 aromatic rings. The van der Waals surface area contributed by atoms with Gasteiger partial charge in [0.05, 0.1) is 16.2 Å². The molecule has 5 nitrogen and oxygen atoms in total. The number of amides is 1. The van der Waals surface area contributed by atoms with Crippen molar-refractivity contribution in [1.82, 2.24) is 0 Å². The van der Waals surface area contributed by atoms with Gasteiger partial charge in [0, 0.05) is 16.7 Å². The van der Waals surface area contributed by atoms with Crippen molar-refractivity contribution in [2.45, 2.75) is 6.92 Å². The molecule has 1 N–H and O–H groups in total. The van der Waals surface area contributed by atoms with E-state index in [0.717, 1.165) is 11.1 Å². The summed E-state index contributed by atoms with van der Waals surface area (Å²) in [5.41, 5.74) is 2.44. The smallest absolute Gasteiger partial charge is 0.335 e. The zero-order valence-electron chi connectivity index (χ0n) is 15.6. The van der Waals surface area contributed by atoms with Crippen LogP contribution in [0.15, 0.2) is 63.9 Å². The molecule has 1 fully saturated rings. The van der Waals surface area contributed by atoms with Gasteiger partial charge in [0.2, 0.25) is 0 Å². The first-order valence-electron chi connectivity index (χ1n) is 8.81. The van der Waals surface area contributed by atoms with Gasteiger partial charge in [0.25, 0.3) is 5.91 Å². The van der Waals surface area contributed by atoms with Gasteiger partial charge in [-0.1, -0.05) is 41.6 Å². The van der Waals surface area contributed by atoms with Crippen molar-refractivity contribution in [3.05, 3.63) is 81.4 Å². The summed E-state index contributed by atoms with van der Waals surface area (Å²) in [5, 5.41) is 9.69. The van der Waals surface area contributed by atoms with Gasteiger partial charge in [-0.2, -0.15) is 0 Å². The lowest BCUT2D eigenvalue weighted by molar-refractivity contribution is -0.113. The van der Waals surface area contributed by atoms with E-state index in [1.54, 1.807) is 54.6 Å². The fraction of sp³-hybridized carbons (Fsp3) is 0.0455. The fourth-order valence-electron chi connectivity index (χ4n) is 3.06. The van der Waals surface area contributed by atoms with E-state index in [0.29, 0.717) is 31.5 Å². The molecular formula is C22H14ClNO4S2. The standard InChI is InChI=1S/C22H14ClNO4S2/c1-12-10-13(21(26)27)2-8-17(12)18-9-7-16(28-18)11-19-20(25)24(22(29)30-19)15-5-3-14(23)4-6-15/h2-11H,1H3,(H,26,27)/b19-11+. The lowest BCUT2D eigenvalue weighted by Gasteiger charge is -2.14. The number of carboxylic acids is 1. The second kappa shape index (κ2) is 8.10. The summed E-state index contributed by atoms with van der Waals surface area (Å²) in [6, 6.07) is 15.3. The maximum Gasteiger partial charge on any atom is 0.335 e. The summed E-state index contributed by atoms with van der Waals surface area (Å²) in [6.07, 6.45) is 1.65. The Hall–Kier alpha value is -2.87. The van der Waals surface area contributed by atoms with Crippen molar-refractivity contribution < 1.29 is 19.1 Å². The third-order valence-electron chi connectivity index (χ3n) is 4.52. The largest absolute Gasteiger partial charge is 0.478 e. The van der Waals surface area contributed by atoms with Crippen molar-refractivity contribution >= 4 is 63.5 Å². The monoisotopic (exact) mass is 455 g/mol. The van der Waals surface area contributed by atoms with Crippen LogP contribution in [-0.2, 0) is 4.79 Å². The number of aromatic carboxylic acids is 1. The van der Waals surface area contributed by atoms with Crippen LogP contribution in [0.3, 0.4) is 0 Å². The van der Waals surface area contributed by atoms with Gasteiger partial charge >= 0.3 is 5.97 Å². The lowest BCUT2D eigenvalue weighted by Crippen LogP contribution is -2.27. The number of benzene rings is 2. The Kier molecular flexibility index (Phi) is 5.51. The summed E-state index contributed by atoms with van der Waals surface area (Å²) in [7, 11) is 0. The Morgan fingerprint density at radius 3 is 2.57 bits per heavy atom. The summed E-state index contributed by atoms with van der Waals surface area (Å²) in [4.78, 5) is 25.9. The third-order valence-corrected chi connectivity index (χ3v) is 6.07. The third kappa shape index (κ3) is 3.92. The molecule has 1 amide bonds. The molecule has 0 atom stereocenters. The quantitative estimate of drug-likeness (QED) is 0.383. The molecular weight excluding hydrogens is 442 g/mol. The SMILES string of the molecule is Cc1cc(C(=O)O)ccc1-c1ccc(/C=C2/SC(=S)N(c3ccc(Cl)cc3)C2=O)o1. The van der Waals surface area contributed by atoms with Crippen LogP contribution >= 0.6 is 35.6 Å². The van der Waals surface area contributed by atoms with Gasteiger partial charge in [-0.25, -0.2) is 4.79 Å². The van der Waals surface area contributed by atoms with Gasteiger partial charge in [-0.3, -0.25) is 9.69 Å². The Morgan fingerprint density at radius 2 is 1.90 bits per heavy atom. The van der Waals surface area contributed by atoms with Crippen LogP contribution in [0, 0.1) is 6.92 Å². The van der Waals surface area contributed by atoms with Gasteiger partial charge in [0.15, 0.2) is 4.32 Å². The van der Waals surface area contributed by atoms with E-state index in [-0.39, 0.29) is 11.5 Å². The first kappa shape index (κ1) is 20.4. The average Bonchev–Trinajstić information content (AvgIpc) is 3.27. The molecule has 150 valence electrons. The molecule has 1 saturated heterocycles. The number of carbonyl (C=O) groups is 2. The maximum absolute atomic E-state index is 12.9. The van der Waals surface area contributed by atoms with Crippen molar-refractivity contribution in [3.63, 3.8) is 0 Å². The van der Waals surface area contributed by atoms with Crippen LogP contribution < -0.4 is 4.90 Å². The van der Waals surface area contributed by atoms with Gasteiger partial charge in [-0.05, 0) is 61.0 Å². The van der Waals surface area contributed by atoms with Crippen LogP contribution in [0.2, 0.25) is 5.02 Å². The molecule has 8 heteroatoms. The van der Waals surface area contributed by atoms with E-state index in [2.05, 4.69) is 0 Å². The molecule has 0 aliphatic carbocycles. The first-order valence-corrected chi connectivity index (χ1v) is 10.4. The second-order valence-corrected chi connectivity index (χ2v) is 8.64. The Labute approximate surface area is 186 Å². The highest BCUT2D eigenvalue weighted by atomic mass is 35.5. The summed E-state index contributed by atoms with van der Waals surface area (Å²) in [5.74, 6) is -0.119. The molecule has 1 aromatic heterocycles. The molecule has 0 spiro atoms. The normalized spacial score (nSPS) is 15.3. The van der Waals surface area contributed by atoms with Gasteiger partial charge in [-0.15, -0.1) is 0 Å². The molecule has 0 radical (unpaired) electrons. The number of anilines is 1. The van der Waals surface area contributed by atoms with Crippen molar-refractivity contribution in [2.75, 3.05) is 4.90 Å². The summed E-state index contributed by atoms with van der Waals surface area (Å²) >= 11 is 12.5. The minimum absolute atomic E-state index is 0.217. The fourth-order valence-corrected chi connectivity index (χ4v) is 4.46. The molecule has 1 aliphatic rings. The average molecular weight is 456 g/mol. The molecule has 2 aromatic carbocycles. The van der Waals surface area contributed by atoms with Crippen LogP contribution in [0.1, 0.15) is 21.7 Å². The summed E-state index contributed by atoms with van der Waals surface area (Å²) in [6.45, 7) is 1.82. The molecule has 1 aliphatic heterocycles. The van der Waals surface area contributed by atoms with E-state index in [1.165, 1.54) is 22.7 Å². The maximum atomic E-state index is 12.9. The molecule has 0 saturated carbocycles. The van der Waals surface area contributed by atoms with E-state index in [9.17, 15) is 9.59 Å². The van der Waals surface area contributed by atoms with Crippen LogP contribution in [0.5, 0.6) is 0 Å². The van der Waals surface area contributed by atoms with Crippen molar-refractivity contribution in [1.29, 1.82) is 0 Å². The number of rotatable bonds is 4. The summed E-state index contributed by atoms with van der Waals surface area (Å²) < 4.78 is 6.32. The number of carbonyl (C=O) groups excluding carboxylic acids is 1. The number of halogens is 1. The number of carboxylic acid groups (broad SMARTS) is 1. The first-order chi connectivity index (χ1) is 14.3. The molecule has 0 unspecified atom stereocenters. The number of hydrogen-bond acceptors (Lipinski definition) is 5. The minimum atomic E-state index is -0.979. The highest BCUT2D eigenvalue weighted by Crippen LogP contribution is 2.37. The lowest BCUT2D eigenvalue weighted by atomic mass is 10.0. The second-order valence-electron chi connectivity index (χ2n) is 6.53. The van der Waals surface area contributed by atoms with Gasteiger partial charge < -0.3 is 9.52 Å². The van der Waals surface area contributed by atoms with E-state index in [1.807, 2.05) is 6.92 Å². The zero-order chi connectivity index (χ0) is 21.4. The van der Waals surface area contributed by atoms with Crippen molar-refractivity contribution in [3.8, 4) is 11.3 Å². The molecule has 30 heavy (non-hydrogen) atoms. The number of thiocarbonyl (C=S) groups is 1. The zero-order valence-corrected chi connectivity index (χ0v) is 18.0. The highest BCUT2D eigenvalue weighted by molar-refractivity contribution is 8.27. The molecule has 0 bridgehead atoms. The van der Waals surface area contributed by atoms with Crippen LogP contribution in [0.4, 0.5) is 5.69 Å². The number of hydrogen-bond donors (Lipinski definition) is 1. The molecule has 4 rings (SSSR count). The minimum Gasteiger partial charge on any atom is -0.478 e. The molecule has 2 heterocycles. The van der Waals surface area contributed by atoms with Crippen LogP contribution in [0.25, 0.3) is 17.4 Å². The van der Waals surface area contributed by atoms with E-state index in [4.69, 9.17) is 33.3 Å². The highest BCUT2D eigenvalue weighted by Gasteiger charge is 2.33. The number of thioether (sulfide) groups is 1. The number of aryl methyl sites for hydroxylation is 1. The number of furan rings is 1. The van der Waals surface area contributed by atoms with Gasteiger partial charge in [0.1, 0.15) is 11.5 Å². The topological polar surface area (TPSA) is 70.8 Å². The Morgan fingerprint density at radius 1 is 1.17 bits per heavy atom. The Bertz CT molecular complexity index is 1210. The number of nitrogens with zero attached hydrogens (tertiary/aromatic N) is 1. The van der Waals surface area contributed by atoms with E-state index < -0.39 is 5.97 Å².